The molecule has 5 nitrogen and oxygen atoms in total. The molecule has 5 heteroatoms. The highest BCUT2D eigenvalue weighted by molar-refractivity contribution is 5.40. The predicted molar refractivity (Wildman–Crippen MR) is 65.9 cm³/mol. The molecular weight excluding hydrogens is 204 g/mol. The molecule has 0 bridgehead atoms. The molecule has 1 unspecified atom stereocenters. The van der Waals surface area contributed by atoms with Gasteiger partial charge < -0.3 is 10.2 Å². The maximum Gasteiger partial charge on any atom is 0.268 e. The zero-order chi connectivity index (χ0) is 12.1. The number of rotatable bonds is 5. The number of anilines is 1. The smallest absolute Gasteiger partial charge is 0.268 e. The van der Waals surface area contributed by atoms with E-state index in [-0.39, 0.29) is 5.56 Å². The van der Waals surface area contributed by atoms with Crippen molar-refractivity contribution in [2.75, 3.05) is 32.6 Å². The van der Waals surface area contributed by atoms with Crippen LogP contribution in [0.4, 0.5) is 5.69 Å². The molecule has 0 saturated carbocycles. The number of nitrogens with one attached hydrogen (secondary N) is 1. The SMILES string of the molecule is CNCC(C)Cn1ncc(N(C)C)cc1=O. The van der Waals surface area contributed by atoms with E-state index in [0.717, 1.165) is 12.2 Å². The summed E-state index contributed by atoms with van der Waals surface area (Å²) in [5.74, 6) is 0.389. The highest BCUT2D eigenvalue weighted by Gasteiger charge is 2.06. The Hall–Kier alpha value is -1.36. The van der Waals surface area contributed by atoms with Gasteiger partial charge in [-0.25, -0.2) is 4.68 Å². The molecule has 0 aliphatic rings. The fraction of sp³-hybridized carbons (Fsp3) is 0.636. The Bertz CT molecular complexity index is 386. The molecule has 0 radical (unpaired) electrons. The van der Waals surface area contributed by atoms with Gasteiger partial charge in [0.15, 0.2) is 0 Å². The number of nitrogens with zero attached hydrogens (tertiary/aromatic N) is 3. The molecule has 0 aliphatic heterocycles. The maximum atomic E-state index is 11.7. The van der Waals surface area contributed by atoms with Gasteiger partial charge in [0.05, 0.1) is 11.9 Å². The first-order valence-electron chi connectivity index (χ1n) is 5.43. The van der Waals surface area contributed by atoms with Gasteiger partial charge in [-0.3, -0.25) is 4.79 Å². The van der Waals surface area contributed by atoms with Crippen molar-refractivity contribution < 1.29 is 0 Å². The van der Waals surface area contributed by atoms with E-state index in [1.165, 1.54) is 4.68 Å². The van der Waals surface area contributed by atoms with Gasteiger partial charge >= 0.3 is 0 Å². The van der Waals surface area contributed by atoms with Crippen LogP contribution in [0, 0.1) is 5.92 Å². The number of aromatic nitrogens is 2. The van der Waals surface area contributed by atoms with Crippen LogP contribution in [0.2, 0.25) is 0 Å². The fourth-order valence-corrected chi connectivity index (χ4v) is 1.51. The van der Waals surface area contributed by atoms with Crippen molar-refractivity contribution in [1.29, 1.82) is 0 Å². The molecule has 0 aliphatic carbocycles. The van der Waals surface area contributed by atoms with Gasteiger partial charge in [-0.2, -0.15) is 5.10 Å². The minimum absolute atomic E-state index is 0.0471. The van der Waals surface area contributed by atoms with Crippen LogP contribution in [0.3, 0.4) is 0 Å². The average molecular weight is 224 g/mol. The van der Waals surface area contributed by atoms with Crippen LogP contribution >= 0.6 is 0 Å². The minimum atomic E-state index is -0.0471. The first kappa shape index (κ1) is 12.7. The predicted octanol–water partition coefficient (Wildman–Crippen LogP) is 0.165. The molecule has 16 heavy (non-hydrogen) atoms. The van der Waals surface area contributed by atoms with E-state index in [4.69, 9.17) is 0 Å². The lowest BCUT2D eigenvalue weighted by Gasteiger charge is -2.14. The fourth-order valence-electron chi connectivity index (χ4n) is 1.51. The van der Waals surface area contributed by atoms with Crippen LogP contribution in [0.25, 0.3) is 0 Å². The molecular formula is C11H20N4O. The monoisotopic (exact) mass is 224 g/mol. The molecule has 0 spiro atoms. The molecule has 1 atom stereocenters. The summed E-state index contributed by atoms with van der Waals surface area (Å²) in [6.45, 7) is 3.61. The van der Waals surface area contributed by atoms with E-state index >= 15 is 0 Å². The van der Waals surface area contributed by atoms with Crippen molar-refractivity contribution in [3.63, 3.8) is 0 Å². The second-order valence-corrected chi connectivity index (χ2v) is 4.29. The molecule has 1 aromatic heterocycles. The van der Waals surface area contributed by atoms with Crippen molar-refractivity contribution >= 4 is 5.69 Å². The molecule has 1 aromatic rings. The summed E-state index contributed by atoms with van der Waals surface area (Å²) in [5.41, 5.74) is 0.789. The molecule has 0 saturated heterocycles. The lowest BCUT2D eigenvalue weighted by Crippen LogP contribution is -2.29. The van der Waals surface area contributed by atoms with Crippen molar-refractivity contribution in [2.24, 2.45) is 5.92 Å². The van der Waals surface area contributed by atoms with Crippen LogP contribution < -0.4 is 15.8 Å². The quantitative estimate of drug-likeness (QED) is 0.774. The van der Waals surface area contributed by atoms with Crippen LogP contribution in [-0.2, 0) is 6.54 Å². The first-order valence-corrected chi connectivity index (χ1v) is 5.43. The van der Waals surface area contributed by atoms with Gasteiger partial charge in [0.2, 0.25) is 0 Å². The summed E-state index contributed by atoms with van der Waals surface area (Å²) in [5, 5.41) is 7.24. The Kier molecular flexibility index (Phi) is 4.49. The number of hydrogen-bond donors (Lipinski definition) is 1. The van der Waals surface area contributed by atoms with Crippen LogP contribution in [0.15, 0.2) is 17.1 Å². The summed E-state index contributed by atoms with van der Waals surface area (Å²) in [6.07, 6.45) is 1.72. The Balaban J connectivity index is 2.79. The molecule has 0 amide bonds. The lowest BCUT2D eigenvalue weighted by atomic mass is 10.2. The molecule has 0 aromatic carbocycles. The zero-order valence-corrected chi connectivity index (χ0v) is 10.4. The Labute approximate surface area is 96.1 Å². The summed E-state index contributed by atoms with van der Waals surface area (Å²) >= 11 is 0. The van der Waals surface area contributed by atoms with Crippen molar-refractivity contribution in [2.45, 2.75) is 13.5 Å². The molecule has 0 fully saturated rings. The van der Waals surface area contributed by atoms with Crippen molar-refractivity contribution in [3.05, 3.63) is 22.6 Å². The van der Waals surface area contributed by atoms with Gasteiger partial charge in [0, 0.05) is 26.7 Å². The Morgan fingerprint density at radius 3 is 2.75 bits per heavy atom. The second-order valence-electron chi connectivity index (χ2n) is 4.29. The van der Waals surface area contributed by atoms with E-state index in [1.807, 2.05) is 26.0 Å². The summed E-state index contributed by atoms with van der Waals surface area (Å²) in [6, 6.07) is 1.61. The third-order valence-electron chi connectivity index (χ3n) is 2.41. The van der Waals surface area contributed by atoms with Gasteiger partial charge in [0.25, 0.3) is 5.56 Å². The zero-order valence-electron chi connectivity index (χ0n) is 10.4. The van der Waals surface area contributed by atoms with Gasteiger partial charge in [-0.1, -0.05) is 6.92 Å². The number of hydrogen-bond acceptors (Lipinski definition) is 4. The van der Waals surface area contributed by atoms with E-state index in [0.29, 0.717) is 12.5 Å². The third-order valence-corrected chi connectivity index (χ3v) is 2.41. The minimum Gasteiger partial charge on any atom is -0.376 e. The second kappa shape index (κ2) is 5.65. The lowest BCUT2D eigenvalue weighted by molar-refractivity contribution is 0.421. The Morgan fingerprint density at radius 1 is 1.56 bits per heavy atom. The third kappa shape index (κ3) is 3.34. The van der Waals surface area contributed by atoms with E-state index in [2.05, 4.69) is 17.3 Å². The van der Waals surface area contributed by atoms with Crippen molar-refractivity contribution in [1.82, 2.24) is 15.1 Å². The molecule has 1 heterocycles. The summed E-state index contributed by atoms with van der Waals surface area (Å²) < 4.78 is 1.51. The van der Waals surface area contributed by atoms with Crippen molar-refractivity contribution in [3.8, 4) is 0 Å². The average Bonchev–Trinajstić information content (AvgIpc) is 2.21. The topological polar surface area (TPSA) is 50.2 Å². The summed E-state index contributed by atoms with van der Waals surface area (Å²) in [4.78, 5) is 13.6. The first-order chi connectivity index (χ1) is 7.54. The maximum absolute atomic E-state index is 11.7. The van der Waals surface area contributed by atoms with Crippen LogP contribution in [-0.4, -0.2) is 37.5 Å². The summed E-state index contributed by atoms with van der Waals surface area (Å²) in [7, 11) is 5.69. The van der Waals surface area contributed by atoms with E-state index < -0.39 is 0 Å². The highest BCUT2D eigenvalue weighted by atomic mass is 16.1. The largest absolute Gasteiger partial charge is 0.376 e. The normalized spacial score (nSPS) is 12.5. The van der Waals surface area contributed by atoms with Crippen LogP contribution in [0.1, 0.15) is 6.92 Å². The van der Waals surface area contributed by atoms with E-state index in [1.54, 1.807) is 12.3 Å². The molecule has 90 valence electrons. The molecule has 1 N–H and O–H groups in total. The van der Waals surface area contributed by atoms with Crippen LogP contribution in [0.5, 0.6) is 0 Å². The van der Waals surface area contributed by atoms with Gasteiger partial charge in [-0.05, 0) is 19.5 Å². The highest BCUT2D eigenvalue weighted by Crippen LogP contribution is 2.04. The Morgan fingerprint density at radius 2 is 2.25 bits per heavy atom. The standard InChI is InChI=1S/C11H20N4O/c1-9(6-12-2)8-15-11(16)5-10(7-13-15)14(3)4/h5,7,9,12H,6,8H2,1-4H3. The van der Waals surface area contributed by atoms with Gasteiger partial charge in [0.1, 0.15) is 0 Å². The van der Waals surface area contributed by atoms with E-state index in [9.17, 15) is 4.79 Å². The molecule has 1 rings (SSSR count). The van der Waals surface area contributed by atoms with Gasteiger partial charge in [-0.15, -0.1) is 0 Å².